The Bertz CT molecular complexity index is 258. The van der Waals surface area contributed by atoms with Crippen LogP contribution in [-0.2, 0) is 0 Å². The first kappa shape index (κ1) is 4.78. The Kier molecular flexibility index (Phi) is 0.777. The zero-order valence-corrected chi connectivity index (χ0v) is 4.83. The molecule has 0 aliphatic heterocycles. The van der Waals surface area contributed by atoms with E-state index < -0.39 is 0 Å². The van der Waals surface area contributed by atoms with Crippen molar-refractivity contribution in [3.8, 4) is 0 Å². The number of hydrogen-bond donors (Lipinski definition) is 1. The van der Waals surface area contributed by atoms with E-state index in [-0.39, 0.29) is 5.63 Å². The van der Waals surface area contributed by atoms with E-state index in [2.05, 4.69) is 9.79 Å². The van der Waals surface area contributed by atoms with E-state index >= 15 is 0 Å². The summed E-state index contributed by atoms with van der Waals surface area (Å²) in [5, 5.41) is 2.50. The van der Waals surface area contributed by atoms with Crippen molar-refractivity contribution < 1.29 is 9.20 Å². The molecule has 2 rings (SSSR count). The zero-order valence-electron chi connectivity index (χ0n) is 4.83. The molecule has 1 aliphatic rings. The molecule has 0 atom stereocenters. The van der Waals surface area contributed by atoms with E-state index in [1.807, 2.05) is 0 Å². The summed E-state index contributed by atoms with van der Waals surface area (Å²) < 4.78 is 6.16. The monoisotopic (exact) mass is 127 g/mol. The molecule has 9 heavy (non-hydrogen) atoms. The van der Waals surface area contributed by atoms with Crippen molar-refractivity contribution in [1.82, 2.24) is 5.27 Å². The van der Waals surface area contributed by atoms with Crippen LogP contribution >= 0.6 is 0 Å². The number of aromatic nitrogens is 2. The van der Waals surface area contributed by atoms with Gasteiger partial charge in [0.2, 0.25) is 0 Å². The Morgan fingerprint density at radius 3 is 3.00 bits per heavy atom. The summed E-state index contributed by atoms with van der Waals surface area (Å²) in [6, 6.07) is 0.497. The number of rotatable bonds is 1. The predicted octanol–water partition coefficient (Wildman–Crippen LogP) is -0.410. The van der Waals surface area contributed by atoms with Crippen molar-refractivity contribution >= 4 is 0 Å². The van der Waals surface area contributed by atoms with Crippen molar-refractivity contribution in [2.24, 2.45) is 0 Å². The average molecular weight is 127 g/mol. The molecule has 1 fully saturated rings. The van der Waals surface area contributed by atoms with Crippen LogP contribution < -0.4 is 10.3 Å². The minimum atomic E-state index is -0.304. The Morgan fingerprint density at radius 2 is 2.56 bits per heavy atom. The van der Waals surface area contributed by atoms with Gasteiger partial charge in [-0.15, -0.1) is 0 Å². The molecule has 0 amide bonds. The van der Waals surface area contributed by atoms with E-state index in [1.165, 1.54) is 6.20 Å². The molecule has 0 radical (unpaired) electrons. The van der Waals surface area contributed by atoms with Gasteiger partial charge in [0.05, 0.1) is 0 Å². The molecule has 0 unspecified atom stereocenters. The quantitative estimate of drug-likeness (QED) is 0.521. The van der Waals surface area contributed by atoms with Gasteiger partial charge in [0.15, 0.2) is 6.04 Å². The number of nitrogens with zero attached hydrogens (tertiary/aromatic N) is 1. The van der Waals surface area contributed by atoms with Gasteiger partial charge in [-0.2, -0.15) is 0 Å². The minimum absolute atomic E-state index is 0.304. The van der Waals surface area contributed by atoms with Crippen LogP contribution in [0, 0.1) is 0 Å². The third kappa shape index (κ3) is 0.759. The van der Waals surface area contributed by atoms with Crippen LogP contribution in [-0.4, -0.2) is 5.27 Å². The molecule has 48 valence electrons. The first-order valence-corrected chi connectivity index (χ1v) is 2.96. The summed E-state index contributed by atoms with van der Waals surface area (Å²) in [6.07, 6.45) is 3.75. The second kappa shape index (κ2) is 1.46. The highest BCUT2D eigenvalue weighted by atomic mass is 16.5. The summed E-state index contributed by atoms with van der Waals surface area (Å²) in [5.41, 5.74) is -0.304. The molecule has 1 aromatic heterocycles. The van der Waals surface area contributed by atoms with Gasteiger partial charge < -0.3 is 0 Å². The lowest BCUT2D eigenvalue weighted by Crippen LogP contribution is -2.33. The maximum Gasteiger partial charge on any atom is 0.426 e. The number of nitrogens with one attached hydrogen (secondary N) is 1. The summed E-state index contributed by atoms with van der Waals surface area (Å²) in [6.45, 7) is 0. The Hall–Kier alpha value is -1.06. The fourth-order valence-corrected chi connectivity index (χ4v) is 0.797. The van der Waals surface area contributed by atoms with E-state index in [0.29, 0.717) is 6.04 Å². The maximum absolute atomic E-state index is 10.4. The van der Waals surface area contributed by atoms with E-state index in [1.54, 1.807) is 4.68 Å². The summed E-state index contributed by atoms with van der Waals surface area (Å²) in [5.74, 6) is 0. The van der Waals surface area contributed by atoms with Crippen LogP contribution in [0.4, 0.5) is 0 Å². The first-order chi connectivity index (χ1) is 4.36. The van der Waals surface area contributed by atoms with Gasteiger partial charge in [0.1, 0.15) is 0 Å². The topological polar surface area (TPSA) is 49.9 Å². The van der Waals surface area contributed by atoms with Gasteiger partial charge in [0, 0.05) is 12.8 Å². The average Bonchev–Trinajstić information content (AvgIpc) is 2.58. The molecule has 1 aliphatic carbocycles. The molecule has 4 nitrogen and oxygen atoms in total. The standard InChI is InChI=1S/C5H6N2O2/c8-5-3-7(6-9-5)4-1-2-4/h3-4H,1-2H2/p+1. The van der Waals surface area contributed by atoms with Gasteiger partial charge in [-0.05, 0) is 5.27 Å². The summed E-state index contributed by atoms with van der Waals surface area (Å²) in [4.78, 5) is 10.4. The number of hydrogen-bond acceptors (Lipinski definition) is 2. The zero-order chi connectivity index (χ0) is 6.27. The molecule has 1 aromatic rings. The van der Waals surface area contributed by atoms with E-state index in [4.69, 9.17) is 0 Å². The minimum Gasteiger partial charge on any atom is -0.284 e. The van der Waals surface area contributed by atoms with Crippen molar-refractivity contribution in [3.05, 3.63) is 16.6 Å². The lowest BCUT2D eigenvalue weighted by molar-refractivity contribution is -0.765. The fourth-order valence-electron chi connectivity index (χ4n) is 0.797. The third-order valence-corrected chi connectivity index (χ3v) is 1.44. The highest BCUT2D eigenvalue weighted by molar-refractivity contribution is 4.65. The Morgan fingerprint density at radius 1 is 1.78 bits per heavy atom. The highest BCUT2D eigenvalue weighted by Gasteiger charge is 2.34. The van der Waals surface area contributed by atoms with Crippen LogP contribution in [0.25, 0.3) is 0 Å². The molecule has 1 N–H and O–H groups in total. The lowest BCUT2D eigenvalue weighted by Gasteiger charge is -1.75. The molecule has 1 heterocycles. The van der Waals surface area contributed by atoms with Crippen molar-refractivity contribution in [2.75, 3.05) is 0 Å². The number of H-pyrrole nitrogens is 1. The molecule has 0 aromatic carbocycles. The second-order valence-corrected chi connectivity index (χ2v) is 2.28. The normalized spacial score (nSPS) is 18.2. The largest absolute Gasteiger partial charge is 0.426 e. The fraction of sp³-hybridized carbons (Fsp3) is 0.600. The van der Waals surface area contributed by atoms with Crippen molar-refractivity contribution in [1.29, 1.82) is 0 Å². The second-order valence-electron chi connectivity index (χ2n) is 2.28. The van der Waals surface area contributed by atoms with Crippen LogP contribution in [0.3, 0.4) is 0 Å². The van der Waals surface area contributed by atoms with Crippen LogP contribution in [0.1, 0.15) is 18.9 Å². The van der Waals surface area contributed by atoms with Gasteiger partial charge >= 0.3 is 5.63 Å². The highest BCUT2D eigenvalue weighted by Crippen LogP contribution is 2.27. The number of aromatic amines is 1. The van der Waals surface area contributed by atoms with Crippen molar-refractivity contribution in [3.63, 3.8) is 0 Å². The van der Waals surface area contributed by atoms with Gasteiger partial charge in [-0.25, -0.2) is 4.79 Å². The Labute approximate surface area is 51.0 Å². The molecular formula is C5H7N2O2+. The van der Waals surface area contributed by atoms with E-state index in [0.717, 1.165) is 12.8 Å². The first-order valence-electron chi connectivity index (χ1n) is 2.96. The van der Waals surface area contributed by atoms with Crippen molar-refractivity contribution in [2.45, 2.75) is 18.9 Å². The molecule has 0 spiro atoms. The summed E-state index contributed by atoms with van der Waals surface area (Å²) >= 11 is 0. The summed E-state index contributed by atoms with van der Waals surface area (Å²) in [7, 11) is 0. The smallest absolute Gasteiger partial charge is 0.284 e. The molecule has 4 heteroatoms. The SMILES string of the molecule is O=c1c[n+](C2CC2)[nH]o1. The third-order valence-electron chi connectivity index (χ3n) is 1.44. The van der Waals surface area contributed by atoms with Gasteiger partial charge in [0.25, 0.3) is 6.20 Å². The Balaban J connectivity index is 2.38. The van der Waals surface area contributed by atoms with Crippen LogP contribution in [0.5, 0.6) is 0 Å². The predicted molar refractivity (Wildman–Crippen MR) is 27.8 cm³/mol. The molecule has 1 saturated carbocycles. The van der Waals surface area contributed by atoms with Crippen LogP contribution in [0.2, 0.25) is 0 Å². The molecular weight excluding hydrogens is 120 g/mol. The van der Waals surface area contributed by atoms with Crippen LogP contribution in [0.15, 0.2) is 15.5 Å². The molecule has 0 saturated heterocycles. The van der Waals surface area contributed by atoms with Gasteiger partial charge in [-0.3, -0.25) is 4.52 Å². The van der Waals surface area contributed by atoms with Gasteiger partial charge in [-0.1, -0.05) is 4.68 Å². The van der Waals surface area contributed by atoms with E-state index in [9.17, 15) is 4.79 Å². The molecule has 0 bridgehead atoms. The maximum atomic E-state index is 10.4. The lowest BCUT2D eigenvalue weighted by atomic mass is 10.7.